The molecule has 0 radical (unpaired) electrons. The highest BCUT2D eigenvalue weighted by atomic mass is 32.2. The summed E-state index contributed by atoms with van der Waals surface area (Å²) in [6.45, 7) is 6.22. The summed E-state index contributed by atoms with van der Waals surface area (Å²) in [7, 11) is -0.820. The van der Waals surface area contributed by atoms with Gasteiger partial charge in [0.15, 0.2) is 11.5 Å². The molecular weight excluding hydrogens is 482 g/mol. The number of methoxy groups -OCH3 is 2. The van der Waals surface area contributed by atoms with Gasteiger partial charge in [-0.1, -0.05) is 19.9 Å². The van der Waals surface area contributed by atoms with Crippen LogP contribution in [0.5, 0.6) is 11.5 Å². The van der Waals surface area contributed by atoms with Gasteiger partial charge in [-0.2, -0.15) is 4.72 Å². The van der Waals surface area contributed by atoms with Crippen LogP contribution in [0.3, 0.4) is 0 Å². The number of amides is 2. The van der Waals surface area contributed by atoms with Crippen LogP contribution in [-0.2, 0) is 32.5 Å². The van der Waals surface area contributed by atoms with E-state index in [2.05, 4.69) is 10.0 Å². The van der Waals surface area contributed by atoms with Crippen molar-refractivity contribution in [1.29, 1.82) is 0 Å². The van der Waals surface area contributed by atoms with E-state index < -0.39 is 16.1 Å². The average Bonchev–Trinajstić information content (AvgIpc) is 3.26. The number of nitrogens with zero attached hydrogens (tertiary/aromatic N) is 1. The van der Waals surface area contributed by atoms with Crippen LogP contribution in [-0.4, -0.2) is 53.6 Å². The average molecular weight is 518 g/mol. The molecule has 0 saturated carbocycles. The minimum Gasteiger partial charge on any atom is -0.493 e. The van der Waals surface area contributed by atoms with Crippen molar-refractivity contribution in [2.75, 3.05) is 32.2 Å². The fraction of sp³-hybridized carbons (Fsp3) is 0.462. The fourth-order valence-electron chi connectivity index (χ4n) is 4.30. The van der Waals surface area contributed by atoms with Crippen LogP contribution in [0.4, 0.5) is 5.69 Å². The first-order chi connectivity index (χ1) is 17.1. The van der Waals surface area contributed by atoms with Crippen molar-refractivity contribution in [2.24, 2.45) is 5.92 Å². The van der Waals surface area contributed by atoms with E-state index in [1.54, 1.807) is 37.3 Å². The Bertz CT molecular complexity index is 1210. The summed E-state index contributed by atoms with van der Waals surface area (Å²) < 4.78 is 39.5. The summed E-state index contributed by atoms with van der Waals surface area (Å²) in [5.74, 6) is 0.865. The number of ether oxygens (including phenoxy) is 2. The summed E-state index contributed by atoms with van der Waals surface area (Å²) in [5.41, 5.74) is 2.48. The van der Waals surface area contributed by atoms with E-state index in [4.69, 9.17) is 9.47 Å². The monoisotopic (exact) mass is 517 g/mol. The molecule has 1 atom stereocenters. The summed E-state index contributed by atoms with van der Waals surface area (Å²) in [5, 5.41) is 2.85. The minimum atomic E-state index is -3.95. The zero-order valence-corrected chi connectivity index (χ0v) is 22.3. The number of hydrogen-bond donors (Lipinski definition) is 2. The van der Waals surface area contributed by atoms with Crippen LogP contribution in [0, 0.1) is 5.92 Å². The van der Waals surface area contributed by atoms with E-state index in [1.165, 1.54) is 13.0 Å². The number of rotatable bonds is 11. The van der Waals surface area contributed by atoms with Crippen LogP contribution < -0.4 is 24.4 Å². The molecule has 36 heavy (non-hydrogen) atoms. The van der Waals surface area contributed by atoms with Gasteiger partial charge in [-0.25, -0.2) is 8.42 Å². The molecule has 0 saturated heterocycles. The molecule has 0 aromatic heterocycles. The van der Waals surface area contributed by atoms with Gasteiger partial charge in [-0.15, -0.1) is 0 Å². The van der Waals surface area contributed by atoms with Gasteiger partial charge in [-0.3, -0.25) is 9.59 Å². The van der Waals surface area contributed by atoms with E-state index in [9.17, 15) is 18.0 Å². The molecule has 1 aliphatic heterocycles. The second kappa shape index (κ2) is 11.7. The van der Waals surface area contributed by atoms with Crippen molar-refractivity contribution in [1.82, 2.24) is 10.0 Å². The summed E-state index contributed by atoms with van der Waals surface area (Å²) >= 11 is 0. The van der Waals surface area contributed by atoms with Gasteiger partial charge >= 0.3 is 0 Å². The first kappa shape index (κ1) is 27.5. The minimum absolute atomic E-state index is 0.0794. The SMILES string of the molecule is COc1ccc(CCNC(=O)[C@@H](CC(C)C)NS(=O)(=O)c2ccc3c(c2)CCN3C(C)=O)cc1OC. The lowest BCUT2D eigenvalue weighted by molar-refractivity contribution is -0.123. The Balaban J connectivity index is 1.68. The van der Waals surface area contributed by atoms with E-state index in [1.807, 2.05) is 26.0 Å². The van der Waals surface area contributed by atoms with Crippen molar-refractivity contribution in [3.05, 3.63) is 47.5 Å². The standard InChI is InChI=1S/C26H35N3O6S/c1-17(2)14-22(26(31)27-12-10-19-6-9-24(34-4)25(15-19)35-5)28-36(32,33)21-7-8-23-20(16-21)11-13-29(23)18(3)30/h6-9,15-17,22,28H,10-14H2,1-5H3,(H,27,31)/t22-/m1/s1. The Morgan fingerprint density at radius 2 is 1.78 bits per heavy atom. The second-order valence-corrected chi connectivity index (χ2v) is 11.0. The molecular formula is C26H35N3O6S. The van der Waals surface area contributed by atoms with Crippen LogP contribution in [0.25, 0.3) is 0 Å². The molecule has 9 nitrogen and oxygen atoms in total. The van der Waals surface area contributed by atoms with Crippen molar-refractivity contribution < 1.29 is 27.5 Å². The van der Waals surface area contributed by atoms with Crippen molar-refractivity contribution in [3.8, 4) is 11.5 Å². The number of carbonyl (C=O) groups excluding carboxylic acids is 2. The van der Waals surface area contributed by atoms with E-state index in [0.717, 1.165) is 16.8 Å². The number of carbonyl (C=O) groups is 2. The van der Waals surface area contributed by atoms with Crippen molar-refractivity contribution >= 4 is 27.5 Å². The molecule has 1 heterocycles. The quantitative estimate of drug-likeness (QED) is 0.474. The van der Waals surface area contributed by atoms with Gasteiger partial charge in [0, 0.05) is 25.7 Å². The maximum atomic E-state index is 13.2. The maximum Gasteiger partial charge on any atom is 0.241 e. The summed E-state index contributed by atoms with van der Waals surface area (Å²) in [4.78, 5) is 26.5. The largest absolute Gasteiger partial charge is 0.493 e. The van der Waals surface area contributed by atoms with Gasteiger partial charge in [0.2, 0.25) is 21.8 Å². The third-order valence-corrected chi connectivity index (χ3v) is 7.59. The van der Waals surface area contributed by atoms with Crippen LogP contribution in [0.2, 0.25) is 0 Å². The van der Waals surface area contributed by atoms with E-state index in [0.29, 0.717) is 43.9 Å². The van der Waals surface area contributed by atoms with Gasteiger partial charge in [0.25, 0.3) is 0 Å². The Morgan fingerprint density at radius 3 is 2.42 bits per heavy atom. The van der Waals surface area contributed by atoms with Crippen LogP contribution in [0.1, 0.15) is 38.3 Å². The van der Waals surface area contributed by atoms with Crippen molar-refractivity contribution in [2.45, 2.75) is 51.0 Å². The topological polar surface area (TPSA) is 114 Å². The number of hydrogen-bond acceptors (Lipinski definition) is 6. The van der Waals surface area contributed by atoms with Crippen LogP contribution >= 0.6 is 0 Å². The molecule has 0 fully saturated rings. The Labute approximate surface area is 213 Å². The lowest BCUT2D eigenvalue weighted by atomic mass is 10.0. The second-order valence-electron chi connectivity index (χ2n) is 9.24. The Morgan fingerprint density at radius 1 is 1.06 bits per heavy atom. The molecule has 3 rings (SSSR count). The molecule has 2 N–H and O–H groups in total. The molecule has 196 valence electrons. The molecule has 1 aliphatic rings. The number of anilines is 1. The lowest BCUT2D eigenvalue weighted by Crippen LogP contribution is -2.47. The third kappa shape index (κ3) is 6.55. The molecule has 0 spiro atoms. The first-order valence-electron chi connectivity index (χ1n) is 12.0. The molecule has 0 aliphatic carbocycles. The highest BCUT2D eigenvalue weighted by Gasteiger charge is 2.29. The Hall–Kier alpha value is -3.11. The molecule has 10 heteroatoms. The molecule has 2 aromatic rings. The highest BCUT2D eigenvalue weighted by molar-refractivity contribution is 7.89. The van der Waals surface area contributed by atoms with Gasteiger partial charge in [0.1, 0.15) is 6.04 Å². The van der Waals surface area contributed by atoms with E-state index >= 15 is 0 Å². The highest BCUT2D eigenvalue weighted by Crippen LogP contribution is 2.30. The first-order valence-corrected chi connectivity index (χ1v) is 13.5. The molecule has 2 amide bonds. The maximum absolute atomic E-state index is 13.2. The Kier molecular flexibility index (Phi) is 8.97. The van der Waals surface area contributed by atoms with Gasteiger partial charge in [0.05, 0.1) is 19.1 Å². The summed E-state index contributed by atoms with van der Waals surface area (Å²) in [6.07, 6.45) is 1.49. The smallest absolute Gasteiger partial charge is 0.241 e. The molecule has 2 aromatic carbocycles. The van der Waals surface area contributed by atoms with Gasteiger partial charge < -0.3 is 19.7 Å². The van der Waals surface area contributed by atoms with E-state index in [-0.39, 0.29) is 22.6 Å². The lowest BCUT2D eigenvalue weighted by Gasteiger charge is -2.21. The summed E-state index contributed by atoms with van der Waals surface area (Å²) in [6, 6.07) is 9.34. The predicted octanol–water partition coefficient (Wildman–Crippen LogP) is 2.66. The molecule has 0 bridgehead atoms. The van der Waals surface area contributed by atoms with Gasteiger partial charge in [-0.05, 0) is 66.6 Å². The number of sulfonamides is 1. The third-order valence-electron chi connectivity index (χ3n) is 6.12. The number of fused-ring (bicyclic) bond motifs is 1. The van der Waals surface area contributed by atoms with Crippen molar-refractivity contribution in [3.63, 3.8) is 0 Å². The fourth-order valence-corrected chi connectivity index (χ4v) is 5.56. The number of nitrogens with one attached hydrogen (secondary N) is 2. The predicted molar refractivity (Wildman–Crippen MR) is 138 cm³/mol. The normalized spacial score (nSPS) is 13.9. The van der Waals surface area contributed by atoms with Crippen LogP contribution in [0.15, 0.2) is 41.3 Å². The molecule has 0 unspecified atom stereocenters. The zero-order valence-electron chi connectivity index (χ0n) is 21.5. The zero-order chi connectivity index (χ0) is 26.5. The number of benzene rings is 2.